The Kier molecular flexibility index (Phi) is 8.10. The molecule has 0 radical (unpaired) electrons. The number of rotatable bonds is 6. The summed E-state index contributed by atoms with van der Waals surface area (Å²) in [5, 5.41) is 0. The second kappa shape index (κ2) is 8.98. The standard InChI is InChI=1S/C13H21NO8/c1-5-6-8(15)21-22-12(18)10(19-9(16)7-14)11(17)20-13(2,3)4/h10H,5-7,14H2,1-4H3. The molecule has 0 aliphatic heterocycles. The molecule has 1 unspecified atom stereocenters. The Balaban J connectivity index is 4.83. The Morgan fingerprint density at radius 1 is 1.00 bits per heavy atom. The summed E-state index contributed by atoms with van der Waals surface area (Å²) in [6.45, 7) is 5.83. The van der Waals surface area contributed by atoms with Gasteiger partial charge < -0.3 is 15.2 Å². The smallest absolute Gasteiger partial charge is 0.407 e. The lowest BCUT2D eigenvalue weighted by atomic mass is 10.2. The first-order valence-electron chi connectivity index (χ1n) is 6.64. The maximum atomic E-state index is 11.8. The van der Waals surface area contributed by atoms with E-state index in [9.17, 15) is 19.2 Å². The highest BCUT2D eigenvalue weighted by Gasteiger charge is 2.37. The summed E-state index contributed by atoms with van der Waals surface area (Å²) in [4.78, 5) is 54.2. The van der Waals surface area contributed by atoms with E-state index in [1.165, 1.54) is 0 Å². The van der Waals surface area contributed by atoms with Crippen molar-refractivity contribution >= 4 is 23.9 Å². The first-order valence-corrected chi connectivity index (χ1v) is 6.64. The zero-order valence-corrected chi connectivity index (χ0v) is 13.0. The van der Waals surface area contributed by atoms with Gasteiger partial charge in [0.05, 0.1) is 6.54 Å². The largest absolute Gasteiger partial charge is 0.457 e. The minimum absolute atomic E-state index is 0.0208. The molecule has 0 amide bonds. The average molecular weight is 319 g/mol. The summed E-state index contributed by atoms with van der Waals surface area (Å²) in [5.41, 5.74) is 4.12. The van der Waals surface area contributed by atoms with Crippen molar-refractivity contribution in [2.45, 2.75) is 52.2 Å². The van der Waals surface area contributed by atoms with E-state index >= 15 is 0 Å². The fourth-order valence-corrected chi connectivity index (χ4v) is 1.10. The lowest BCUT2D eigenvalue weighted by molar-refractivity contribution is -0.265. The van der Waals surface area contributed by atoms with Gasteiger partial charge in [0.25, 0.3) is 6.10 Å². The van der Waals surface area contributed by atoms with E-state index in [0.29, 0.717) is 6.42 Å². The van der Waals surface area contributed by atoms with Crippen LogP contribution in [0.1, 0.15) is 40.5 Å². The van der Waals surface area contributed by atoms with Gasteiger partial charge in [-0.2, -0.15) is 0 Å². The topological polar surface area (TPSA) is 131 Å². The van der Waals surface area contributed by atoms with Crippen LogP contribution in [-0.2, 0) is 38.4 Å². The number of nitrogens with two attached hydrogens (primary N) is 1. The zero-order valence-electron chi connectivity index (χ0n) is 13.0. The van der Waals surface area contributed by atoms with Gasteiger partial charge in [0, 0.05) is 6.42 Å². The predicted molar refractivity (Wildman–Crippen MR) is 71.9 cm³/mol. The van der Waals surface area contributed by atoms with Crippen LogP contribution in [0.25, 0.3) is 0 Å². The molecule has 0 heterocycles. The van der Waals surface area contributed by atoms with Crippen molar-refractivity contribution in [2.75, 3.05) is 6.54 Å². The molecule has 22 heavy (non-hydrogen) atoms. The maximum Gasteiger partial charge on any atom is 0.407 e. The van der Waals surface area contributed by atoms with Gasteiger partial charge in [0.15, 0.2) is 0 Å². The van der Waals surface area contributed by atoms with Crippen molar-refractivity contribution in [3.05, 3.63) is 0 Å². The Morgan fingerprint density at radius 3 is 2.05 bits per heavy atom. The number of ether oxygens (including phenoxy) is 2. The molecule has 2 N–H and O–H groups in total. The molecule has 0 aromatic heterocycles. The van der Waals surface area contributed by atoms with Crippen LogP contribution in [0, 0.1) is 0 Å². The molecule has 9 nitrogen and oxygen atoms in total. The monoisotopic (exact) mass is 319 g/mol. The van der Waals surface area contributed by atoms with Crippen LogP contribution >= 0.6 is 0 Å². The Labute approximate surface area is 127 Å². The molecule has 0 rings (SSSR count). The molecule has 0 fully saturated rings. The third-order valence-electron chi connectivity index (χ3n) is 1.92. The van der Waals surface area contributed by atoms with E-state index in [2.05, 4.69) is 14.5 Å². The van der Waals surface area contributed by atoms with E-state index < -0.39 is 42.1 Å². The normalized spacial score (nSPS) is 12.0. The first-order chi connectivity index (χ1) is 10.1. The van der Waals surface area contributed by atoms with Gasteiger partial charge >= 0.3 is 23.9 Å². The minimum atomic E-state index is -2.02. The highest BCUT2D eigenvalue weighted by molar-refractivity contribution is 6.00. The van der Waals surface area contributed by atoms with Crippen LogP contribution in [0.5, 0.6) is 0 Å². The van der Waals surface area contributed by atoms with Crippen molar-refractivity contribution in [1.29, 1.82) is 0 Å². The predicted octanol–water partition coefficient (Wildman–Crippen LogP) is 0.000100. The lowest BCUT2D eigenvalue weighted by Gasteiger charge is -2.22. The summed E-state index contributed by atoms with van der Waals surface area (Å²) in [6.07, 6.45) is -1.52. The molecule has 9 heteroatoms. The first kappa shape index (κ1) is 19.8. The highest BCUT2D eigenvalue weighted by Crippen LogP contribution is 2.11. The second-order valence-electron chi connectivity index (χ2n) is 5.22. The summed E-state index contributed by atoms with van der Waals surface area (Å²) in [6, 6.07) is 0. The lowest BCUT2D eigenvalue weighted by Crippen LogP contribution is -2.42. The van der Waals surface area contributed by atoms with E-state index in [1.54, 1.807) is 27.7 Å². The van der Waals surface area contributed by atoms with E-state index in [1.807, 2.05) is 0 Å². The number of hydrogen-bond donors (Lipinski definition) is 1. The summed E-state index contributed by atoms with van der Waals surface area (Å²) in [5.74, 6) is -4.37. The van der Waals surface area contributed by atoms with Crippen molar-refractivity contribution < 1.29 is 38.4 Å². The molecule has 0 aliphatic rings. The third-order valence-corrected chi connectivity index (χ3v) is 1.92. The van der Waals surface area contributed by atoms with Crippen LogP contribution in [0.2, 0.25) is 0 Å². The quantitative estimate of drug-likeness (QED) is 0.311. The molecule has 0 bridgehead atoms. The molecule has 126 valence electrons. The Morgan fingerprint density at radius 2 is 1.59 bits per heavy atom. The van der Waals surface area contributed by atoms with Crippen molar-refractivity contribution in [3.8, 4) is 0 Å². The van der Waals surface area contributed by atoms with Crippen LogP contribution in [0.4, 0.5) is 0 Å². The summed E-state index contributed by atoms with van der Waals surface area (Å²) >= 11 is 0. The van der Waals surface area contributed by atoms with Gasteiger partial charge in [-0.3, -0.25) is 4.79 Å². The van der Waals surface area contributed by atoms with E-state index in [-0.39, 0.29) is 6.42 Å². The third kappa shape index (κ3) is 8.20. The Hall–Kier alpha value is -2.16. The van der Waals surface area contributed by atoms with Gasteiger partial charge in [0.1, 0.15) is 5.60 Å². The fraction of sp³-hybridized carbons (Fsp3) is 0.692. The van der Waals surface area contributed by atoms with E-state index in [4.69, 9.17) is 10.5 Å². The van der Waals surface area contributed by atoms with Crippen LogP contribution in [0.15, 0.2) is 0 Å². The van der Waals surface area contributed by atoms with E-state index in [0.717, 1.165) is 0 Å². The maximum absolute atomic E-state index is 11.8. The summed E-state index contributed by atoms with van der Waals surface area (Å²) in [7, 11) is 0. The highest BCUT2D eigenvalue weighted by atomic mass is 17.2. The van der Waals surface area contributed by atoms with Crippen LogP contribution in [-0.4, -0.2) is 42.1 Å². The fourth-order valence-electron chi connectivity index (χ4n) is 1.10. The van der Waals surface area contributed by atoms with Gasteiger partial charge in [0.2, 0.25) is 0 Å². The zero-order chi connectivity index (χ0) is 17.3. The van der Waals surface area contributed by atoms with Crippen LogP contribution < -0.4 is 5.73 Å². The molecule has 1 atom stereocenters. The van der Waals surface area contributed by atoms with Gasteiger partial charge in [-0.15, -0.1) is 0 Å². The number of esters is 2. The molecule has 0 aromatic rings. The molecule has 0 aliphatic carbocycles. The second-order valence-corrected chi connectivity index (χ2v) is 5.22. The van der Waals surface area contributed by atoms with Gasteiger partial charge in [-0.25, -0.2) is 24.2 Å². The van der Waals surface area contributed by atoms with Crippen LogP contribution in [0.3, 0.4) is 0 Å². The molecular weight excluding hydrogens is 298 g/mol. The SMILES string of the molecule is CCCC(=O)OOC(=O)C(OC(=O)CN)C(=O)OC(C)(C)C. The van der Waals surface area contributed by atoms with Crippen molar-refractivity contribution in [3.63, 3.8) is 0 Å². The number of hydrogen-bond acceptors (Lipinski definition) is 9. The molecule has 0 saturated heterocycles. The number of carbonyl (C=O) groups is 4. The van der Waals surface area contributed by atoms with Gasteiger partial charge in [-0.1, -0.05) is 6.92 Å². The Bertz CT molecular complexity index is 426. The van der Waals surface area contributed by atoms with Crippen molar-refractivity contribution in [2.24, 2.45) is 5.73 Å². The number of carbonyl (C=O) groups excluding carboxylic acids is 4. The van der Waals surface area contributed by atoms with Crippen molar-refractivity contribution in [1.82, 2.24) is 0 Å². The van der Waals surface area contributed by atoms with Gasteiger partial charge in [-0.05, 0) is 27.2 Å². The molecule has 0 saturated carbocycles. The summed E-state index contributed by atoms with van der Waals surface area (Å²) < 4.78 is 9.48. The molecular formula is C13H21NO8. The average Bonchev–Trinajstić information content (AvgIpc) is 2.40. The molecule has 0 aromatic carbocycles. The molecule has 0 spiro atoms. The minimum Gasteiger partial charge on any atom is -0.457 e.